The van der Waals surface area contributed by atoms with Crippen molar-refractivity contribution in [1.29, 1.82) is 0 Å². The lowest BCUT2D eigenvalue weighted by molar-refractivity contribution is 0.0927. The number of rotatable bonds is 5. The van der Waals surface area contributed by atoms with Crippen molar-refractivity contribution in [2.45, 2.75) is 38.0 Å². The fourth-order valence-electron chi connectivity index (χ4n) is 2.26. The summed E-state index contributed by atoms with van der Waals surface area (Å²) in [6, 6.07) is 8.58. The largest absolute Gasteiger partial charge is 0.459 e. The number of furan rings is 1. The Hall–Kier alpha value is -2.08. The standard InChI is InChI=1S/C18H23NO4S/c1-13-9-11-23-16(13)17(20)19-10-12-24(21,22)15-7-5-14(6-8-15)18(2,3)4/h5-9,11H,10,12H2,1-4H3,(H,19,20). The van der Waals surface area contributed by atoms with Crippen LogP contribution in [0.3, 0.4) is 0 Å². The van der Waals surface area contributed by atoms with E-state index in [4.69, 9.17) is 4.42 Å². The lowest BCUT2D eigenvalue weighted by Crippen LogP contribution is -2.29. The molecule has 0 aliphatic carbocycles. The van der Waals surface area contributed by atoms with Gasteiger partial charge in [-0.1, -0.05) is 32.9 Å². The van der Waals surface area contributed by atoms with Gasteiger partial charge in [0, 0.05) is 12.1 Å². The van der Waals surface area contributed by atoms with Crippen LogP contribution in [0.25, 0.3) is 0 Å². The molecule has 1 amide bonds. The molecule has 0 aliphatic rings. The summed E-state index contributed by atoms with van der Waals surface area (Å²) in [6.45, 7) is 8.00. The molecule has 0 bridgehead atoms. The van der Waals surface area contributed by atoms with Gasteiger partial charge in [-0.2, -0.15) is 0 Å². The van der Waals surface area contributed by atoms with Crippen molar-refractivity contribution in [1.82, 2.24) is 5.32 Å². The maximum atomic E-state index is 12.4. The molecule has 0 fully saturated rings. The second-order valence-corrected chi connectivity index (χ2v) is 8.89. The highest BCUT2D eigenvalue weighted by atomic mass is 32.2. The topological polar surface area (TPSA) is 76.4 Å². The number of benzene rings is 1. The summed E-state index contributed by atoms with van der Waals surface area (Å²) >= 11 is 0. The first-order valence-corrected chi connectivity index (χ1v) is 9.42. The van der Waals surface area contributed by atoms with Gasteiger partial charge < -0.3 is 9.73 Å². The number of sulfone groups is 1. The molecule has 1 aromatic carbocycles. The molecule has 0 spiro atoms. The fourth-order valence-corrected chi connectivity index (χ4v) is 3.42. The van der Waals surface area contributed by atoms with E-state index in [1.165, 1.54) is 6.26 Å². The van der Waals surface area contributed by atoms with Gasteiger partial charge >= 0.3 is 0 Å². The molecule has 6 heteroatoms. The predicted octanol–water partition coefficient (Wildman–Crippen LogP) is 3.09. The average molecular weight is 349 g/mol. The first kappa shape index (κ1) is 18.3. The molecule has 2 rings (SSSR count). The van der Waals surface area contributed by atoms with E-state index in [0.29, 0.717) is 5.56 Å². The molecule has 0 unspecified atom stereocenters. The summed E-state index contributed by atoms with van der Waals surface area (Å²) in [4.78, 5) is 12.2. The van der Waals surface area contributed by atoms with Gasteiger partial charge in [-0.3, -0.25) is 4.79 Å². The van der Waals surface area contributed by atoms with Crippen molar-refractivity contribution in [2.24, 2.45) is 0 Å². The zero-order chi connectivity index (χ0) is 18.0. The molecular weight excluding hydrogens is 326 g/mol. The summed E-state index contributed by atoms with van der Waals surface area (Å²) in [7, 11) is -3.44. The van der Waals surface area contributed by atoms with Gasteiger partial charge in [0.1, 0.15) is 0 Å². The van der Waals surface area contributed by atoms with E-state index in [2.05, 4.69) is 26.1 Å². The normalized spacial score (nSPS) is 12.2. The van der Waals surface area contributed by atoms with Crippen LogP contribution < -0.4 is 5.32 Å². The van der Waals surface area contributed by atoms with Crippen molar-refractivity contribution in [3.8, 4) is 0 Å². The van der Waals surface area contributed by atoms with Gasteiger partial charge in [-0.15, -0.1) is 0 Å². The quantitative estimate of drug-likeness (QED) is 0.900. The Morgan fingerprint density at radius 1 is 1.12 bits per heavy atom. The third-order valence-electron chi connectivity index (χ3n) is 3.80. The van der Waals surface area contributed by atoms with Crippen LogP contribution >= 0.6 is 0 Å². The van der Waals surface area contributed by atoms with Crippen LogP contribution in [0.4, 0.5) is 0 Å². The van der Waals surface area contributed by atoms with Crippen LogP contribution in [0.5, 0.6) is 0 Å². The number of aryl methyl sites for hydroxylation is 1. The molecule has 0 radical (unpaired) electrons. The van der Waals surface area contributed by atoms with Crippen molar-refractivity contribution < 1.29 is 17.6 Å². The molecule has 1 aromatic heterocycles. The molecule has 0 atom stereocenters. The predicted molar refractivity (Wildman–Crippen MR) is 93.0 cm³/mol. The number of amides is 1. The van der Waals surface area contributed by atoms with Gasteiger partial charge in [0.05, 0.1) is 16.9 Å². The van der Waals surface area contributed by atoms with E-state index in [1.54, 1.807) is 25.1 Å². The average Bonchev–Trinajstić information content (AvgIpc) is 2.92. The maximum absolute atomic E-state index is 12.4. The highest BCUT2D eigenvalue weighted by molar-refractivity contribution is 7.91. The molecule has 0 saturated carbocycles. The maximum Gasteiger partial charge on any atom is 0.287 e. The zero-order valence-corrected chi connectivity index (χ0v) is 15.2. The first-order chi connectivity index (χ1) is 11.1. The van der Waals surface area contributed by atoms with Gasteiger partial charge in [0.2, 0.25) is 0 Å². The molecular formula is C18H23NO4S. The van der Waals surface area contributed by atoms with Crippen LogP contribution in [0, 0.1) is 6.92 Å². The summed E-state index contributed by atoms with van der Waals surface area (Å²) in [5.74, 6) is -0.356. The van der Waals surface area contributed by atoms with E-state index in [-0.39, 0.29) is 28.4 Å². The highest BCUT2D eigenvalue weighted by Gasteiger charge is 2.19. The number of nitrogens with one attached hydrogen (secondary N) is 1. The molecule has 24 heavy (non-hydrogen) atoms. The Balaban J connectivity index is 1.99. The Morgan fingerprint density at radius 3 is 2.25 bits per heavy atom. The second-order valence-electron chi connectivity index (χ2n) is 6.78. The van der Waals surface area contributed by atoms with Gasteiger partial charge in [0.25, 0.3) is 5.91 Å². The molecule has 130 valence electrons. The Labute approximate surface area is 143 Å². The van der Waals surface area contributed by atoms with Crippen molar-refractivity contribution in [3.05, 3.63) is 53.5 Å². The number of carbonyl (C=O) groups excluding carboxylic acids is 1. The lowest BCUT2D eigenvalue weighted by atomic mass is 9.87. The highest BCUT2D eigenvalue weighted by Crippen LogP contribution is 2.23. The Morgan fingerprint density at radius 2 is 1.75 bits per heavy atom. The van der Waals surface area contributed by atoms with Crippen LogP contribution in [0.2, 0.25) is 0 Å². The minimum Gasteiger partial charge on any atom is -0.459 e. The number of hydrogen-bond acceptors (Lipinski definition) is 4. The van der Waals surface area contributed by atoms with Crippen LogP contribution in [0.1, 0.15) is 42.5 Å². The first-order valence-electron chi connectivity index (χ1n) is 7.77. The number of carbonyl (C=O) groups is 1. The van der Waals surface area contributed by atoms with Crippen LogP contribution in [0.15, 0.2) is 45.9 Å². The van der Waals surface area contributed by atoms with Crippen molar-refractivity contribution in [2.75, 3.05) is 12.3 Å². The summed E-state index contributed by atoms with van der Waals surface area (Å²) in [6.07, 6.45) is 1.43. The summed E-state index contributed by atoms with van der Waals surface area (Å²) in [5.41, 5.74) is 1.76. The van der Waals surface area contributed by atoms with E-state index in [1.807, 2.05) is 12.1 Å². The SMILES string of the molecule is Cc1ccoc1C(=O)NCCS(=O)(=O)c1ccc(C(C)(C)C)cc1. The van der Waals surface area contributed by atoms with Gasteiger partial charge in [-0.05, 0) is 36.1 Å². The molecule has 0 saturated heterocycles. The lowest BCUT2D eigenvalue weighted by Gasteiger charge is -2.19. The monoisotopic (exact) mass is 349 g/mol. The van der Waals surface area contributed by atoms with Crippen molar-refractivity contribution in [3.63, 3.8) is 0 Å². The third-order valence-corrected chi connectivity index (χ3v) is 5.54. The second kappa shape index (κ2) is 6.81. The minimum absolute atomic E-state index is 0.0301. The van der Waals surface area contributed by atoms with Crippen LogP contribution in [-0.4, -0.2) is 26.6 Å². The van der Waals surface area contributed by atoms with Crippen molar-refractivity contribution >= 4 is 15.7 Å². The Bertz CT molecular complexity index is 811. The molecule has 1 heterocycles. The van der Waals surface area contributed by atoms with Crippen LogP contribution in [-0.2, 0) is 15.3 Å². The van der Waals surface area contributed by atoms with E-state index < -0.39 is 15.7 Å². The Kier molecular flexibility index (Phi) is 5.18. The molecule has 1 N–H and O–H groups in total. The molecule has 5 nitrogen and oxygen atoms in total. The van der Waals surface area contributed by atoms with E-state index in [0.717, 1.165) is 5.56 Å². The summed E-state index contributed by atoms with van der Waals surface area (Å²) < 4.78 is 29.8. The number of hydrogen-bond donors (Lipinski definition) is 1. The molecule has 2 aromatic rings. The summed E-state index contributed by atoms with van der Waals surface area (Å²) in [5, 5.41) is 2.58. The smallest absolute Gasteiger partial charge is 0.287 e. The third kappa shape index (κ3) is 4.26. The van der Waals surface area contributed by atoms with Gasteiger partial charge in [-0.25, -0.2) is 8.42 Å². The van der Waals surface area contributed by atoms with E-state index >= 15 is 0 Å². The molecule has 0 aliphatic heterocycles. The van der Waals surface area contributed by atoms with Gasteiger partial charge in [0.15, 0.2) is 15.6 Å². The zero-order valence-electron chi connectivity index (χ0n) is 14.4. The van der Waals surface area contributed by atoms with E-state index in [9.17, 15) is 13.2 Å². The minimum atomic E-state index is -3.44. The fraction of sp³-hybridized carbons (Fsp3) is 0.389.